The van der Waals surface area contributed by atoms with E-state index in [9.17, 15) is 9.59 Å². The summed E-state index contributed by atoms with van der Waals surface area (Å²) in [6, 6.07) is 0. The van der Waals surface area contributed by atoms with Gasteiger partial charge in [0.2, 0.25) is 0 Å². The number of carboxylic acids is 1. The molecule has 0 rings (SSSR count). The van der Waals surface area contributed by atoms with Gasteiger partial charge in [-0.3, -0.25) is 9.59 Å². The average molecular weight is 379 g/mol. The van der Waals surface area contributed by atoms with E-state index in [1.165, 1.54) is 64.2 Å². The first-order valence-corrected chi connectivity index (χ1v) is 9.97. The predicted octanol–water partition coefficient (Wildman–Crippen LogP) is 6.15. The number of hydrogen-bond acceptors (Lipinski definition) is 3. The molecule has 0 fully saturated rings. The molecular formula is C20H39ClO4. The van der Waals surface area contributed by atoms with E-state index in [0.717, 1.165) is 12.8 Å². The highest BCUT2D eigenvalue weighted by Gasteiger charge is 2.13. The van der Waals surface area contributed by atoms with Crippen LogP contribution in [0.25, 0.3) is 0 Å². The molecule has 1 atom stereocenters. The van der Waals surface area contributed by atoms with Crippen molar-refractivity contribution in [2.45, 2.75) is 104 Å². The highest BCUT2D eigenvalue weighted by atomic mass is 35.5. The fourth-order valence-corrected chi connectivity index (χ4v) is 2.88. The Hall–Kier alpha value is -0.770. The Morgan fingerprint density at radius 1 is 0.800 bits per heavy atom. The van der Waals surface area contributed by atoms with Crippen LogP contribution in [0.3, 0.4) is 0 Å². The smallest absolute Gasteiger partial charge is 0.306 e. The zero-order chi connectivity index (χ0) is 18.0. The van der Waals surface area contributed by atoms with Crippen molar-refractivity contribution in [3.8, 4) is 0 Å². The number of carboxylic acid groups (broad SMARTS) is 1. The van der Waals surface area contributed by atoms with Gasteiger partial charge in [0.1, 0.15) is 0 Å². The van der Waals surface area contributed by atoms with Crippen LogP contribution in [0.1, 0.15) is 104 Å². The number of aliphatic carboxylic acids is 1. The molecule has 0 aliphatic heterocycles. The van der Waals surface area contributed by atoms with Gasteiger partial charge in [0.15, 0.2) is 0 Å². The van der Waals surface area contributed by atoms with E-state index < -0.39 is 5.97 Å². The van der Waals surface area contributed by atoms with Crippen LogP contribution >= 0.6 is 12.4 Å². The zero-order valence-electron chi connectivity index (χ0n) is 16.3. The molecule has 1 unspecified atom stereocenters. The summed E-state index contributed by atoms with van der Waals surface area (Å²) in [6.07, 6.45) is 14.7. The van der Waals surface area contributed by atoms with E-state index in [1.54, 1.807) is 0 Å². The number of esters is 1. The highest BCUT2D eigenvalue weighted by molar-refractivity contribution is 5.85. The molecule has 0 radical (unpaired) electrons. The largest absolute Gasteiger partial charge is 0.481 e. The number of halogens is 1. The van der Waals surface area contributed by atoms with Gasteiger partial charge in [-0.2, -0.15) is 0 Å². The third kappa shape index (κ3) is 19.4. The molecule has 25 heavy (non-hydrogen) atoms. The summed E-state index contributed by atoms with van der Waals surface area (Å²) < 4.78 is 5.30. The Kier molecular flexibility index (Phi) is 20.7. The average Bonchev–Trinajstić information content (AvgIpc) is 2.56. The first kappa shape index (κ1) is 26.5. The second-order valence-corrected chi connectivity index (χ2v) is 6.85. The lowest BCUT2D eigenvalue weighted by Crippen LogP contribution is -2.15. The van der Waals surface area contributed by atoms with Crippen LogP contribution in [0, 0.1) is 5.92 Å². The number of carbonyl (C=O) groups is 2. The number of hydrogen-bond donors (Lipinski definition) is 1. The van der Waals surface area contributed by atoms with Crippen molar-refractivity contribution in [1.82, 2.24) is 0 Å². The summed E-state index contributed by atoms with van der Waals surface area (Å²) >= 11 is 0. The minimum atomic E-state index is -0.949. The Labute approximate surface area is 160 Å². The third-order valence-corrected chi connectivity index (χ3v) is 4.45. The summed E-state index contributed by atoms with van der Waals surface area (Å²) in [5, 5.41) is 8.60. The maximum absolute atomic E-state index is 11.6. The van der Waals surface area contributed by atoms with E-state index in [-0.39, 0.29) is 31.2 Å². The summed E-state index contributed by atoms with van der Waals surface area (Å²) in [7, 11) is 0. The summed E-state index contributed by atoms with van der Waals surface area (Å²) in [5.41, 5.74) is 0. The number of ether oxygens (including phenoxy) is 1. The Morgan fingerprint density at radius 2 is 1.28 bits per heavy atom. The van der Waals surface area contributed by atoms with Crippen LogP contribution in [0.15, 0.2) is 0 Å². The van der Waals surface area contributed by atoms with Gasteiger partial charge in [0.25, 0.3) is 0 Å². The molecular weight excluding hydrogens is 340 g/mol. The van der Waals surface area contributed by atoms with Gasteiger partial charge < -0.3 is 9.84 Å². The van der Waals surface area contributed by atoms with Crippen LogP contribution in [0.2, 0.25) is 0 Å². The minimum Gasteiger partial charge on any atom is -0.481 e. The molecule has 0 amide bonds. The Balaban J connectivity index is 0. The van der Waals surface area contributed by atoms with Crippen molar-refractivity contribution in [3.63, 3.8) is 0 Å². The van der Waals surface area contributed by atoms with Crippen molar-refractivity contribution in [2.75, 3.05) is 6.61 Å². The molecule has 0 saturated carbocycles. The van der Waals surface area contributed by atoms with Gasteiger partial charge in [0, 0.05) is 0 Å². The van der Waals surface area contributed by atoms with Crippen LogP contribution in [0.4, 0.5) is 0 Å². The maximum atomic E-state index is 11.6. The second-order valence-electron chi connectivity index (χ2n) is 6.85. The molecule has 0 aromatic heterocycles. The zero-order valence-corrected chi connectivity index (χ0v) is 17.1. The van der Waals surface area contributed by atoms with E-state index in [0.29, 0.717) is 12.5 Å². The molecule has 5 heteroatoms. The maximum Gasteiger partial charge on any atom is 0.306 e. The highest BCUT2D eigenvalue weighted by Crippen LogP contribution is 2.19. The van der Waals surface area contributed by atoms with Gasteiger partial charge in [-0.25, -0.2) is 0 Å². The Bertz CT molecular complexity index is 321. The molecule has 0 aromatic carbocycles. The van der Waals surface area contributed by atoms with Crippen LogP contribution in [-0.2, 0) is 14.3 Å². The lowest BCUT2D eigenvalue weighted by atomic mass is 9.95. The lowest BCUT2D eigenvalue weighted by molar-refractivity contribution is -0.148. The van der Waals surface area contributed by atoms with Gasteiger partial charge in [-0.15, -0.1) is 12.4 Å². The molecule has 0 aromatic rings. The van der Waals surface area contributed by atoms with Gasteiger partial charge in [-0.05, 0) is 18.8 Å². The van der Waals surface area contributed by atoms with E-state index in [2.05, 4.69) is 13.8 Å². The van der Waals surface area contributed by atoms with Crippen molar-refractivity contribution < 1.29 is 19.4 Å². The molecule has 1 N–H and O–H groups in total. The van der Waals surface area contributed by atoms with Crippen molar-refractivity contribution >= 4 is 24.3 Å². The monoisotopic (exact) mass is 378 g/mol. The normalized spacial score (nSPS) is 11.6. The number of carbonyl (C=O) groups excluding carboxylic acids is 1. The summed E-state index contributed by atoms with van der Waals surface area (Å²) in [6.45, 7) is 4.89. The SMILES string of the molecule is CCCCCCCCC(CCCCCC)COC(=O)CCC(=O)O.Cl. The predicted molar refractivity (Wildman–Crippen MR) is 105 cm³/mol. The molecule has 0 aliphatic rings. The van der Waals surface area contributed by atoms with Crippen LogP contribution in [-0.4, -0.2) is 23.7 Å². The van der Waals surface area contributed by atoms with Gasteiger partial charge in [0.05, 0.1) is 19.4 Å². The third-order valence-electron chi connectivity index (χ3n) is 4.45. The molecule has 4 nitrogen and oxygen atoms in total. The van der Waals surface area contributed by atoms with Gasteiger partial charge >= 0.3 is 11.9 Å². The first-order chi connectivity index (χ1) is 11.6. The lowest BCUT2D eigenvalue weighted by Gasteiger charge is -2.17. The fourth-order valence-electron chi connectivity index (χ4n) is 2.88. The van der Waals surface area contributed by atoms with E-state index >= 15 is 0 Å². The van der Waals surface area contributed by atoms with E-state index in [4.69, 9.17) is 9.84 Å². The van der Waals surface area contributed by atoms with Crippen molar-refractivity contribution in [1.29, 1.82) is 0 Å². The summed E-state index contributed by atoms with van der Waals surface area (Å²) in [5.74, 6) is -0.893. The minimum absolute atomic E-state index is 0. The number of rotatable bonds is 17. The van der Waals surface area contributed by atoms with E-state index in [1.807, 2.05) is 0 Å². The molecule has 0 heterocycles. The van der Waals surface area contributed by atoms with Crippen LogP contribution in [0.5, 0.6) is 0 Å². The van der Waals surface area contributed by atoms with Crippen molar-refractivity contribution in [2.24, 2.45) is 5.92 Å². The first-order valence-electron chi connectivity index (χ1n) is 9.97. The topological polar surface area (TPSA) is 63.6 Å². The van der Waals surface area contributed by atoms with Crippen LogP contribution < -0.4 is 0 Å². The molecule has 0 bridgehead atoms. The molecule has 150 valence electrons. The molecule has 0 spiro atoms. The standard InChI is InChI=1S/C20H38O4.ClH/c1-3-5-7-9-10-12-14-18(13-11-8-6-4-2)17-24-20(23)16-15-19(21)22;/h18H,3-17H2,1-2H3,(H,21,22);1H. The molecule has 0 saturated heterocycles. The summed E-state index contributed by atoms with van der Waals surface area (Å²) in [4.78, 5) is 22.1. The van der Waals surface area contributed by atoms with Gasteiger partial charge in [-0.1, -0.05) is 78.1 Å². The number of unbranched alkanes of at least 4 members (excludes halogenated alkanes) is 8. The quantitative estimate of drug-likeness (QED) is 0.243. The molecule has 0 aliphatic carbocycles. The second kappa shape index (κ2) is 19.6. The fraction of sp³-hybridized carbons (Fsp3) is 0.900. The van der Waals surface area contributed by atoms with Crippen molar-refractivity contribution in [3.05, 3.63) is 0 Å². The Morgan fingerprint density at radius 3 is 1.80 bits per heavy atom.